The first-order valence-corrected chi connectivity index (χ1v) is 10.1. The molecule has 0 aliphatic heterocycles. The Bertz CT molecular complexity index is 1330. The predicted molar refractivity (Wildman–Crippen MR) is 119 cm³/mol. The first-order valence-electron chi connectivity index (χ1n) is 9.21. The molecule has 4 aromatic rings. The Kier molecular flexibility index (Phi) is 5.33. The van der Waals surface area contributed by atoms with Crippen LogP contribution in [-0.4, -0.2) is 20.9 Å². The van der Waals surface area contributed by atoms with E-state index in [0.717, 1.165) is 27.9 Å². The van der Waals surface area contributed by atoms with Crippen molar-refractivity contribution in [2.24, 2.45) is 0 Å². The molecule has 2 aromatic carbocycles. The molecular formula is C23H17N5OS. The largest absolute Gasteiger partial charge is 0.297 e. The van der Waals surface area contributed by atoms with Gasteiger partial charge >= 0.3 is 0 Å². The number of hydrogen-bond donors (Lipinski definition) is 1. The molecule has 0 unspecified atom stereocenters. The van der Waals surface area contributed by atoms with Gasteiger partial charge in [0, 0.05) is 10.9 Å². The van der Waals surface area contributed by atoms with Crippen LogP contribution < -0.4 is 5.32 Å². The third kappa shape index (κ3) is 4.09. The van der Waals surface area contributed by atoms with Gasteiger partial charge < -0.3 is 0 Å². The van der Waals surface area contributed by atoms with E-state index in [4.69, 9.17) is 0 Å². The number of nitrogens with zero attached hydrogens (tertiary/aromatic N) is 4. The number of nitrogens with one attached hydrogen (secondary N) is 1. The van der Waals surface area contributed by atoms with E-state index in [9.17, 15) is 10.1 Å². The van der Waals surface area contributed by atoms with E-state index in [1.165, 1.54) is 23.6 Å². The molecular weight excluding hydrogens is 394 g/mol. The number of para-hydroxylation sites is 2. The summed E-state index contributed by atoms with van der Waals surface area (Å²) >= 11 is 1.32. The second-order valence-electron chi connectivity index (χ2n) is 6.76. The van der Waals surface area contributed by atoms with Gasteiger partial charge in [-0.1, -0.05) is 29.8 Å². The summed E-state index contributed by atoms with van der Waals surface area (Å²) in [6.07, 6.45) is 2.96. The highest BCUT2D eigenvalue weighted by Gasteiger charge is 2.14. The number of thiazole rings is 1. The second-order valence-corrected chi connectivity index (χ2v) is 7.62. The first kappa shape index (κ1) is 19.4. The quantitative estimate of drug-likeness (QED) is 0.380. The molecule has 0 bridgehead atoms. The maximum absolute atomic E-state index is 12.6. The number of nitriles is 1. The van der Waals surface area contributed by atoms with E-state index in [2.05, 4.69) is 26.3 Å². The monoisotopic (exact) mass is 411 g/mol. The maximum Gasteiger partial charge on any atom is 0.268 e. The van der Waals surface area contributed by atoms with Crippen molar-refractivity contribution >= 4 is 39.5 Å². The van der Waals surface area contributed by atoms with Crippen molar-refractivity contribution in [1.82, 2.24) is 15.0 Å². The minimum atomic E-state index is -0.533. The van der Waals surface area contributed by atoms with Gasteiger partial charge in [-0.3, -0.25) is 15.1 Å². The van der Waals surface area contributed by atoms with Gasteiger partial charge in [-0.25, -0.2) is 9.97 Å². The van der Waals surface area contributed by atoms with Gasteiger partial charge in [0.15, 0.2) is 5.13 Å². The molecule has 0 aliphatic rings. The Labute approximate surface area is 177 Å². The van der Waals surface area contributed by atoms with Crippen molar-refractivity contribution in [3.63, 3.8) is 0 Å². The molecule has 6 nitrogen and oxygen atoms in total. The fraction of sp³-hybridized carbons (Fsp3) is 0.0870. The SMILES string of the molecule is Cc1ccc(C)c(-c2csc(NC(=O)/C(C#N)=C/c3cnc4ccccc4n3)n2)c1. The molecule has 30 heavy (non-hydrogen) atoms. The van der Waals surface area contributed by atoms with E-state index in [-0.39, 0.29) is 5.57 Å². The molecule has 0 aliphatic carbocycles. The van der Waals surface area contributed by atoms with Gasteiger partial charge in [0.05, 0.1) is 28.6 Å². The molecule has 0 spiro atoms. The Morgan fingerprint density at radius 1 is 1.13 bits per heavy atom. The first-order chi connectivity index (χ1) is 14.5. The third-order valence-corrected chi connectivity index (χ3v) is 5.28. The van der Waals surface area contributed by atoms with Crippen LogP contribution in [0.25, 0.3) is 28.4 Å². The van der Waals surface area contributed by atoms with Crippen LogP contribution in [-0.2, 0) is 4.79 Å². The van der Waals surface area contributed by atoms with Gasteiger partial charge in [0.1, 0.15) is 11.6 Å². The zero-order valence-corrected chi connectivity index (χ0v) is 17.2. The third-order valence-electron chi connectivity index (χ3n) is 4.52. The molecule has 0 radical (unpaired) electrons. The molecule has 1 amide bonds. The smallest absolute Gasteiger partial charge is 0.268 e. The number of rotatable bonds is 4. The Morgan fingerprint density at radius 2 is 1.93 bits per heavy atom. The van der Waals surface area contributed by atoms with Gasteiger partial charge in [-0.05, 0) is 43.7 Å². The van der Waals surface area contributed by atoms with Gasteiger partial charge in [0.2, 0.25) is 0 Å². The molecule has 0 saturated carbocycles. The highest BCUT2D eigenvalue weighted by Crippen LogP contribution is 2.28. The molecule has 0 saturated heterocycles. The minimum Gasteiger partial charge on any atom is -0.297 e. The van der Waals surface area contributed by atoms with E-state index in [1.807, 2.05) is 61.7 Å². The summed E-state index contributed by atoms with van der Waals surface area (Å²) in [6, 6.07) is 15.5. The van der Waals surface area contributed by atoms with Crippen molar-refractivity contribution in [1.29, 1.82) is 5.26 Å². The van der Waals surface area contributed by atoms with Crippen LogP contribution in [0.5, 0.6) is 0 Å². The van der Waals surface area contributed by atoms with Crippen molar-refractivity contribution in [2.75, 3.05) is 5.32 Å². The molecule has 146 valence electrons. The lowest BCUT2D eigenvalue weighted by Crippen LogP contribution is -2.13. The molecule has 2 aromatic heterocycles. The summed E-state index contributed by atoms with van der Waals surface area (Å²) in [6.45, 7) is 4.05. The number of carbonyl (C=O) groups is 1. The van der Waals surface area contributed by atoms with E-state index < -0.39 is 5.91 Å². The standard InChI is InChI=1S/C23H17N5OS/c1-14-7-8-15(2)18(9-14)21-13-30-23(27-21)28-22(29)16(11-24)10-17-12-25-19-5-3-4-6-20(19)26-17/h3-10,12-13H,1-2H3,(H,27,28,29)/b16-10+. The number of anilines is 1. The number of amides is 1. The van der Waals surface area contributed by atoms with Crippen LogP contribution in [0.3, 0.4) is 0 Å². The Balaban J connectivity index is 1.56. The Hall–Kier alpha value is -3.89. The lowest BCUT2D eigenvalue weighted by Gasteiger charge is -2.04. The van der Waals surface area contributed by atoms with Crippen LogP contribution in [0.2, 0.25) is 0 Å². The second kappa shape index (κ2) is 8.23. The summed E-state index contributed by atoms with van der Waals surface area (Å²) in [4.78, 5) is 25.8. The highest BCUT2D eigenvalue weighted by atomic mass is 32.1. The molecule has 0 atom stereocenters. The zero-order chi connectivity index (χ0) is 21.1. The van der Waals surface area contributed by atoms with E-state index in [0.29, 0.717) is 16.3 Å². The van der Waals surface area contributed by atoms with E-state index >= 15 is 0 Å². The maximum atomic E-state index is 12.6. The van der Waals surface area contributed by atoms with Gasteiger partial charge in [0.25, 0.3) is 5.91 Å². The fourth-order valence-corrected chi connectivity index (χ4v) is 3.67. The van der Waals surface area contributed by atoms with Crippen molar-refractivity contribution in [2.45, 2.75) is 13.8 Å². The van der Waals surface area contributed by atoms with Crippen LogP contribution in [0.4, 0.5) is 5.13 Å². The summed E-state index contributed by atoms with van der Waals surface area (Å²) in [5.41, 5.74) is 5.88. The van der Waals surface area contributed by atoms with Crippen LogP contribution in [0.1, 0.15) is 16.8 Å². The lowest BCUT2D eigenvalue weighted by molar-refractivity contribution is -0.112. The summed E-state index contributed by atoms with van der Waals surface area (Å²) in [5, 5.41) is 14.5. The zero-order valence-electron chi connectivity index (χ0n) is 16.4. The normalized spacial score (nSPS) is 11.3. The predicted octanol–water partition coefficient (Wildman–Crippen LogP) is 4.92. The molecule has 0 fully saturated rings. The Morgan fingerprint density at radius 3 is 2.73 bits per heavy atom. The molecule has 7 heteroatoms. The summed E-state index contributed by atoms with van der Waals surface area (Å²) in [5.74, 6) is -0.533. The summed E-state index contributed by atoms with van der Waals surface area (Å²) in [7, 11) is 0. The van der Waals surface area contributed by atoms with Crippen molar-refractivity contribution < 1.29 is 4.79 Å². The van der Waals surface area contributed by atoms with E-state index in [1.54, 1.807) is 0 Å². The van der Waals surface area contributed by atoms with Crippen LogP contribution >= 0.6 is 11.3 Å². The molecule has 1 N–H and O–H groups in total. The molecule has 2 heterocycles. The van der Waals surface area contributed by atoms with Crippen molar-refractivity contribution in [3.8, 4) is 17.3 Å². The number of aryl methyl sites for hydroxylation is 2. The average Bonchev–Trinajstić information content (AvgIpc) is 3.21. The molecule has 4 rings (SSSR count). The number of benzene rings is 2. The summed E-state index contributed by atoms with van der Waals surface area (Å²) < 4.78 is 0. The van der Waals surface area contributed by atoms with Gasteiger partial charge in [-0.2, -0.15) is 5.26 Å². The van der Waals surface area contributed by atoms with Crippen molar-refractivity contribution in [3.05, 3.63) is 76.4 Å². The van der Waals surface area contributed by atoms with Crippen LogP contribution in [0.15, 0.2) is 59.6 Å². The number of hydrogen-bond acceptors (Lipinski definition) is 6. The van der Waals surface area contributed by atoms with Gasteiger partial charge in [-0.15, -0.1) is 11.3 Å². The minimum absolute atomic E-state index is 0.0666. The van der Waals surface area contributed by atoms with Crippen LogP contribution in [0, 0.1) is 25.2 Å². The number of carbonyl (C=O) groups excluding carboxylic acids is 1. The topological polar surface area (TPSA) is 91.6 Å². The lowest BCUT2D eigenvalue weighted by atomic mass is 10.0. The number of aromatic nitrogens is 3. The highest BCUT2D eigenvalue weighted by molar-refractivity contribution is 7.14. The fourth-order valence-electron chi connectivity index (χ4n) is 2.97. The average molecular weight is 411 g/mol. The number of fused-ring (bicyclic) bond motifs is 1.